The lowest BCUT2D eigenvalue weighted by Crippen LogP contribution is -2.56. The number of hydrogen-bond donors (Lipinski definition) is 1. The number of carbonyl (C=O) groups is 2. The van der Waals surface area contributed by atoms with Gasteiger partial charge < -0.3 is 19.2 Å². The lowest BCUT2D eigenvalue weighted by Gasteiger charge is -2.34. The molecule has 1 aromatic rings. The number of hydrogen-bond acceptors (Lipinski definition) is 5. The standard InChI is InChI=1S/C15H21NO5/c1-19-10-11-6-7-12(21-11)13(17)16-15(14(18)20-2)8-4-3-5-9-15/h6-7H,3-5,8-10H2,1-2H3,(H,16,17). The Bertz CT molecular complexity index is 502. The molecule has 1 heterocycles. The second-order valence-electron chi connectivity index (χ2n) is 5.29. The minimum Gasteiger partial charge on any atom is -0.467 e. The third-order valence-electron chi connectivity index (χ3n) is 3.81. The average molecular weight is 295 g/mol. The fourth-order valence-electron chi connectivity index (χ4n) is 2.73. The molecule has 0 spiro atoms. The first-order valence-electron chi connectivity index (χ1n) is 7.10. The van der Waals surface area contributed by atoms with Crippen LogP contribution in [0.15, 0.2) is 16.5 Å². The summed E-state index contributed by atoms with van der Waals surface area (Å²) in [6, 6.07) is 3.27. The zero-order valence-electron chi connectivity index (χ0n) is 12.4. The van der Waals surface area contributed by atoms with Crippen molar-refractivity contribution in [3.63, 3.8) is 0 Å². The second-order valence-corrected chi connectivity index (χ2v) is 5.29. The Kier molecular flexibility index (Phi) is 5.01. The molecule has 2 rings (SSSR count). The fourth-order valence-corrected chi connectivity index (χ4v) is 2.73. The molecule has 0 bridgehead atoms. The molecule has 0 saturated heterocycles. The molecule has 116 valence electrons. The van der Waals surface area contributed by atoms with Gasteiger partial charge in [0.2, 0.25) is 0 Å². The smallest absolute Gasteiger partial charge is 0.331 e. The third kappa shape index (κ3) is 3.44. The molecule has 0 unspecified atom stereocenters. The van der Waals surface area contributed by atoms with Crippen LogP contribution in [0.2, 0.25) is 0 Å². The molecule has 0 atom stereocenters. The Hall–Kier alpha value is -1.82. The maximum absolute atomic E-state index is 12.3. The van der Waals surface area contributed by atoms with Crippen molar-refractivity contribution < 1.29 is 23.5 Å². The molecule has 1 aliphatic carbocycles. The topological polar surface area (TPSA) is 77.8 Å². The summed E-state index contributed by atoms with van der Waals surface area (Å²) >= 11 is 0. The van der Waals surface area contributed by atoms with Crippen LogP contribution in [0, 0.1) is 0 Å². The number of nitrogens with one attached hydrogen (secondary N) is 1. The number of esters is 1. The molecule has 1 aromatic heterocycles. The summed E-state index contributed by atoms with van der Waals surface area (Å²) in [5, 5.41) is 2.81. The van der Waals surface area contributed by atoms with Gasteiger partial charge in [-0.25, -0.2) is 4.79 Å². The van der Waals surface area contributed by atoms with Gasteiger partial charge in [-0.05, 0) is 25.0 Å². The number of methoxy groups -OCH3 is 2. The Balaban J connectivity index is 2.11. The molecule has 1 saturated carbocycles. The van der Waals surface area contributed by atoms with Gasteiger partial charge in [-0.2, -0.15) is 0 Å². The van der Waals surface area contributed by atoms with Crippen LogP contribution >= 0.6 is 0 Å². The van der Waals surface area contributed by atoms with Crippen molar-refractivity contribution >= 4 is 11.9 Å². The fraction of sp³-hybridized carbons (Fsp3) is 0.600. The zero-order chi connectivity index (χ0) is 15.3. The van der Waals surface area contributed by atoms with Crippen molar-refractivity contribution in [3.05, 3.63) is 23.7 Å². The maximum atomic E-state index is 12.3. The molecule has 0 aliphatic heterocycles. The molecule has 6 heteroatoms. The summed E-state index contributed by atoms with van der Waals surface area (Å²) in [5.74, 6) is -0.0433. The SMILES string of the molecule is COCc1ccc(C(=O)NC2(C(=O)OC)CCCCC2)o1. The Morgan fingerprint density at radius 3 is 2.57 bits per heavy atom. The zero-order valence-corrected chi connectivity index (χ0v) is 12.4. The Labute approximate surface area is 123 Å². The van der Waals surface area contributed by atoms with Crippen LogP contribution in [0.25, 0.3) is 0 Å². The molecular formula is C15H21NO5. The van der Waals surface area contributed by atoms with Crippen molar-refractivity contribution in [2.75, 3.05) is 14.2 Å². The molecule has 1 aliphatic rings. The Morgan fingerprint density at radius 1 is 1.24 bits per heavy atom. The normalized spacial score (nSPS) is 17.2. The third-order valence-corrected chi connectivity index (χ3v) is 3.81. The van der Waals surface area contributed by atoms with Gasteiger partial charge in [0.15, 0.2) is 5.76 Å². The van der Waals surface area contributed by atoms with E-state index in [9.17, 15) is 9.59 Å². The summed E-state index contributed by atoms with van der Waals surface area (Å²) in [6.07, 6.45) is 4.03. The summed E-state index contributed by atoms with van der Waals surface area (Å²) < 4.78 is 15.2. The first-order valence-corrected chi connectivity index (χ1v) is 7.10. The van der Waals surface area contributed by atoms with Crippen LogP contribution in [0.3, 0.4) is 0 Å². The van der Waals surface area contributed by atoms with Crippen LogP contribution in [0.4, 0.5) is 0 Å². The van der Waals surface area contributed by atoms with Gasteiger partial charge in [0.05, 0.1) is 7.11 Å². The van der Waals surface area contributed by atoms with Crippen LogP contribution < -0.4 is 5.32 Å². The summed E-state index contributed by atoms with van der Waals surface area (Å²) in [4.78, 5) is 24.4. The molecule has 1 fully saturated rings. The van der Waals surface area contributed by atoms with Crippen LogP contribution in [-0.2, 0) is 20.9 Å². The molecule has 1 amide bonds. The van der Waals surface area contributed by atoms with E-state index >= 15 is 0 Å². The predicted octanol–water partition coefficient (Wildman–Crippen LogP) is 2.03. The van der Waals surface area contributed by atoms with Crippen molar-refractivity contribution in [2.45, 2.75) is 44.2 Å². The maximum Gasteiger partial charge on any atom is 0.331 e. The van der Waals surface area contributed by atoms with Crippen LogP contribution in [0.5, 0.6) is 0 Å². The molecular weight excluding hydrogens is 274 g/mol. The van der Waals surface area contributed by atoms with Gasteiger partial charge in [0.25, 0.3) is 5.91 Å². The highest BCUT2D eigenvalue weighted by Gasteiger charge is 2.42. The van der Waals surface area contributed by atoms with Gasteiger partial charge in [-0.15, -0.1) is 0 Å². The molecule has 21 heavy (non-hydrogen) atoms. The largest absolute Gasteiger partial charge is 0.467 e. The summed E-state index contributed by atoms with van der Waals surface area (Å²) in [7, 11) is 2.89. The highest BCUT2D eigenvalue weighted by atomic mass is 16.5. The van der Waals surface area contributed by atoms with Gasteiger partial charge in [-0.1, -0.05) is 19.3 Å². The van der Waals surface area contributed by atoms with E-state index in [0.29, 0.717) is 25.2 Å². The molecule has 1 N–H and O–H groups in total. The quantitative estimate of drug-likeness (QED) is 0.841. The number of rotatable bonds is 5. The van der Waals surface area contributed by atoms with Crippen molar-refractivity contribution in [3.8, 4) is 0 Å². The average Bonchev–Trinajstić information content (AvgIpc) is 2.96. The van der Waals surface area contributed by atoms with E-state index in [1.807, 2.05) is 0 Å². The van der Waals surface area contributed by atoms with Crippen molar-refractivity contribution in [1.82, 2.24) is 5.32 Å². The van der Waals surface area contributed by atoms with Gasteiger partial charge in [0, 0.05) is 7.11 Å². The second kappa shape index (κ2) is 6.76. The van der Waals surface area contributed by atoms with E-state index in [1.54, 1.807) is 19.2 Å². The first-order chi connectivity index (χ1) is 10.1. The van der Waals surface area contributed by atoms with E-state index in [2.05, 4.69) is 5.32 Å². The van der Waals surface area contributed by atoms with Crippen molar-refractivity contribution in [2.24, 2.45) is 0 Å². The highest BCUT2D eigenvalue weighted by Crippen LogP contribution is 2.29. The monoisotopic (exact) mass is 295 g/mol. The van der Waals surface area contributed by atoms with Gasteiger partial charge in [-0.3, -0.25) is 4.79 Å². The predicted molar refractivity (Wildman–Crippen MR) is 74.7 cm³/mol. The summed E-state index contributed by atoms with van der Waals surface area (Å²) in [5.41, 5.74) is -0.932. The minimum absolute atomic E-state index is 0.177. The van der Waals surface area contributed by atoms with E-state index in [0.717, 1.165) is 19.3 Å². The van der Waals surface area contributed by atoms with E-state index in [1.165, 1.54) is 7.11 Å². The highest BCUT2D eigenvalue weighted by molar-refractivity contribution is 5.96. The molecule has 6 nitrogen and oxygen atoms in total. The molecule has 0 aromatic carbocycles. The van der Waals surface area contributed by atoms with Gasteiger partial charge in [0.1, 0.15) is 17.9 Å². The van der Waals surface area contributed by atoms with E-state index in [4.69, 9.17) is 13.9 Å². The first kappa shape index (κ1) is 15.6. The lowest BCUT2D eigenvalue weighted by molar-refractivity contribution is -0.149. The van der Waals surface area contributed by atoms with E-state index < -0.39 is 11.4 Å². The van der Waals surface area contributed by atoms with Crippen LogP contribution in [-0.4, -0.2) is 31.6 Å². The van der Waals surface area contributed by atoms with E-state index in [-0.39, 0.29) is 11.7 Å². The number of furan rings is 1. The lowest BCUT2D eigenvalue weighted by atomic mass is 9.81. The van der Waals surface area contributed by atoms with Gasteiger partial charge >= 0.3 is 5.97 Å². The van der Waals surface area contributed by atoms with Crippen molar-refractivity contribution in [1.29, 1.82) is 0 Å². The number of amides is 1. The summed E-state index contributed by atoms with van der Waals surface area (Å²) in [6.45, 7) is 0.301. The van der Waals surface area contributed by atoms with Crippen LogP contribution in [0.1, 0.15) is 48.4 Å². The minimum atomic E-state index is -0.932. The number of ether oxygens (including phenoxy) is 2. The Morgan fingerprint density at radius 2 is 1.95 bits per heavy atom. The molecule has 0 radical (unpaired) electrons. The number of carbonyl (C=O) groups excluding carboxylic acids is 2.